The summed E-state index contributed by atoms with van der Waals surface area (Å²) in [6.07, 6.45) is 8.26. The fourth-order valence-corrected chi connectivity index (χ4v) is 1.61. The molecule has 0 saturated heterocycles. The van der Waals surface area contributed by atoms with Crippen LogP contribution in [-0.4, -0.2) is 42.1 Å². The number of rotatable bonds is 10. The first-order valence-electron chi connectivity index (χ1n) is 6.74. The van der Waals surface area contributed by atoms with Crippen LogP contribution in [0.5, 0.6) is 0 Å². The summed E-state index contributed by atoms with van der Waals surface area (Å²) in [6.45, 7) is 6.28. The van der Waals surface area contributed by atoms with Gasteiger partial charge < -0.3 is 14.6 Å². The standard InChI is InChI=1S/C15H24N2O4/c1-5-13(9-8-12(4)20-6-2)10-14(17(16)11-18)15(19)21-7-3/h1,8-9,11,14-15,19H,6-7,10,16H2,2-4H3/b12-8+,13-9+/t14-,15-/m0/s1. The van der Waals surface area contributed by atoms with Crippen molar-refractivity contribution in [3.63, 3.8) is 0 Å². The van der Waals surface area contributed by atoms with Crippen LogP contribution in [0, 0.1) is 12.3 Å². The number of aliphatic hydroxyl groups is 1. The fraction of sp³-hybridized carbons (Fsp3) is 0.533. The molecule has 0 aromatic heterocycles. The normalized spacial score (nSPS) is 15.0. The van der Waals surface area contributed by atoms with E-state index in [0.717, 1.165) is 5.01 Å². The molecule has 6 heteroatoms. The van der Waals surface area contributed by atoms with Crippen LogP contribution in [0.15, 0.2) is 23.5 Å². The highest BCUT2D eigenvalue weighted by Crippen LogP contribution is 2.13. The topological polar surface area (TPSA) is 85.0 Å². The number of allylic oxidation sites excluding steroid dienone is 3. The van der Waals surface area contributed by atoms with Gasteiger partial charge in [0.15, 0.2) is 6.29 Å². The van der Waals surface area contributed by atoms with E-state index in [2.05, 4.69) is 5.92 Å². The highest BCUT2D eigenvalue weighted by molar-refractivity contribution is 5.47. The highest BCUT2D eigenvalue weighted by Gasteiger charge is 2.24. The van der Waals surface area contributed by atoms with E-state index in [-0.39, 0.29) is 6.42 Å². The molecule has 2 atom stereocenters. The number of carbonyl (C=O) groups is 1. The number of hydrazine groups is 1. The van der Waals surface area contributed by atoms with E-state index in [9.17, 15) is 9.90 Å². The average molecular weight is 296 g/mol. The number of nitrogens with two attached hydrogens (primary N) is 1. The molecule has 0 heterocycles. The molecule has 0 aliphatic heterocycles. The Labute approximate surface area is 126 Å². The van der Waals surface area contributed by atoms with Crippen LogP contribution >= 0.6 is 0 Å². The molecule has 0 aliphatic carbocycles. The Morgan fingerprint density at radius 1 is 1.43 bits per heavy atom. The maximum atomic E-state index is 10.8. The van der Waals surface area contributed by atoms with Crippen molar-refractivity contribution >= 4 is 6.41 Å². The van der Waals surface area contributed by atoms with E-state index in [4.69, 9.17) is 21.7 Å². The second kappa shape index (κ2) is 10.9. The lowest BCUT2D eigenvalue weighted by molar-refractivity contribution is -0.151. The summed E-state index contributed by atoms with van der Waals surface area (Å²) in [5.41, 5.74) is 0.565. The number of hydrogen-bond acceptors (Lipinski definition) is 5. The number of nitrogens with zero attached hydrogens (tertiary/aromatic N) is 1. The van der Waals surface area contributed by atoms with Crippen molar-refractivity contribution in [3.05, 3.63) is 23.5 Å². The Bertz CT molecular complexity index is 412. The first-order valence-corrected chi connectivity index (χ1v) is 6.74. The molecule has 21 heavy (non-hydrogen) atoms. The largest absolute Gasteiger partial charge is 0.499 e. The minimum absolute atomic E-state index is 0.197. The van der Waals surface area contributed by atoms with Crippen molar-refractivity contribution in [3.8, 4) is 12.3 Å². The van der Waals surface area contributed by atoms with E-state index in [1.165, 1.54) is 0 Å². The molecule has 0 spiro atoms. The fourth-order valence-electron chi connectivity index (χ4n) is 1.61. The van der Waals surface area contributed by atoms with Gasteiger partial charge in [-0.2, -0.15) is 0 Å². The molecule has 0 rings (SSSR count). The Morgan fingerprint density at radius 2 is 2.10 bits per heavy atom. The van der Waals surface area contributed by atoms with Crippen LogP contribution in [0.25, 0.3) is 0 Å². The van der Waals surface area contributed by atoms with Gasteiger partial charge in [-0.15, -0.1) is 6.42 Å². The lowest BCUT2D eigenvalue weighted by Gasteiger charge is -2.28. The Balaban J connectivity index is 5.02. The second-order valence-electron chi connectivity index (χ2n) is 4.22. The zero-order chi connectivity index (χ0) is 16.3. The van der Waals surface area contributed by atoms with E-state index in [0.29, 0.717) is 31.0 Å². The van der Waals surface area contributed by atoms with Gasteiger partial charge in [-0.3, -0.25) is 9.80 Å². The average Bonchev–Trinajstić information content (AvgIpc) is 2.47. The molecule has 118 valence electrons. The number of ether oxygens (including phenoxy) is 2. The summed E-state index contributed by atoms with van der Waals surface area (Å²) in [7, 11) is 0. The van der Waals surface area contributed by atoms with Crippen molar-refractivity contribution in [2.75, 3.05) is 13.2 Å². The maximum Gasteiger partial charge on any atom is 0.224 e. The molecule has 0 aromatic rings. The van der Waals surface area contributed by atoms with Crippen LogP contribution in [0.2, 0.25) is 0 Å². The molecule has 0 fully saturated rings. The third-order valence-corrected chi connectivity index (χ3v) is 2.68. The Morgan fingerprint density at radius 3 is 2.57 bits per heavy atom. The Hall–Kier alpha value is -1.81. The van der Waals surface area contributed by atoms with Crippen molar-refractivity contribution in [1.29, 1.82) is 0 Å². The van der Waals surface area contributed by atoms with Gasteiger partial charge in [0.2, 0.25) is 6.41 Å². The van der Waals surface area contributed by atoms with Gasteiger partial charge in [-0.1, -0.05) is 5.92 Å². The summed E-state index contributed by atoms with van der Waals surface area (Å²) < 4.78 is 10.4. The first kappa shape index (κ1) is 19.2. The summed E-state index contributed by atoms with van der Waals surface area (Å²) in [6, 6.07) is -0.759. The van der Waals surface area contributed by atoms with Crippen molar-refractivity contribution in [2.45, 2.75) is 39.5 Å². The third-order valence-electron chi connectivity index (χ3n) is 2.68. The molecule has 1 amide bonds. The molecular formula is C15H24N2O4. The van der Waals surface area contributed by atoms with Crippen molar-refractivity contribution in [1.82, 2.24) is 5.01 Å². The Kier molecular flexibility index (Phi) is 9.98. The van der Waals surface area contributed by atoms with Crippen LogP contribution in [0.4, 0.5) is 0 Å². The van der Waals surface area contributed by atoms with Crippen LogP contribution in [0.1, 0.15) is 27.2 Å². The summed E-state index contributed by atoms with van der Waals surface area (Å²) in [5.74, 6) is 8.76. The number of aliphatic hydroxyl groups excluding tert-OH is 1. The van der Waals surface area contributed by atoms with Gasteiger partial charge in [-0.05, 0) is 32.9 Å². The quantitative estimate of drug-likeness (QED) is 0.0915. The summed E-state index contributed by atoms with van der Waals surface area (Å²) in [5, 5.41) is 10.7. The molecule has 0 radical (unpaired) electrons. The number of amides is 1. The minimum Gasteiger partial charge on any atom is -0.499 e. The van der Waals surface area contributed by atoms with Crippen LogP contribution < -0.4 is 5.84 Å². The van der Waals surface area contributed by atoms with Crippen LogP contribution in [0.3, 0.4) is 0 Å². The van der Waals surface area contributed by atoms with E-state index in [1.54, 1.807) is 26.0 Å². The summed E-state index contributed by atoms with van der Waals surface area (Å²) in [4.78, 5) is 10.8. The molecule has 0 aromatic carbocycles. The molecular weight excluding hydrogens is 272 g/mol. The van der Waals surface area contributed by atoms with E-state index in [1.807, 2.05) is 6.92 Å². The van der Waals surface area contributed by atoms with E-state index >= 15 is 0 Å². The zero-order valence-electron chi connectivity index (χ0n) is 12.8. The van der Waals surface area contributed by atoms with Crippen molar-refractivity contribution in [2.24, 2.45) is 5.84 Å². The lowest BCUT2D eigenvalue weighted by Crippen LogP contribution is -2.48. The van der Waals surface area contributed by atoms with Crippen LogP contribution in [-0.2, 0) is 14.3 Å². The molecule has 0 bridgehead atoms. The maximum absolute atomic E-state index is 10.8. The number of hydrogen-bond donors (Lipinski definition) is 2. The first-order chi connectivity index (χ1) is 9.99. The van der Waals surface area contributed by atoms with Gasteiger partial charge >= 0.3 is 0 Å². The SMILES string of the molecule is C#C/C(=C\C=C(/C)OCC)C[C@@H]([C@@H](O)OCC)N(N)C=O. The molecule has 6 nitrogen and oxygen atoms in total. The molecule has 0 aliphatic rings. The summed E-state index contributed by atoms with van der Waals surface area (Å²) >= 11 is 0. The third kappa shape index (κ3) is 7.51. The lowest BCUT2D eigenvalue weighted by atomic mass is 10.1. The van der Waals surface area contributed by atoms with Gasteiger partial charge in [0.05, 0.1) is 12.4 Å². The number of terminal acetylenes is 1. The molecule has 3 N–H and O–H groups in total. The molecule has 0 unspecified atom stereocenters. The van der Waals surface area contributed by atoms with Gasteiger partial charge in [0.25, 0.3) is 0 Å². The van der Waals surface area contributed by atoms with Crippen molar-refractivity contribution < 1.29 is 19.4 Å². The van der Waals surface area contributed by atoms with E-state index < -0.39 is 12.3 Å². The molecule has 0 saturated carbocycles. The number of carbonyl (C=O) groups excluding carboxylic acids is 1. The monoisotopic (exact) mass is 296 g/mol. The predicted octanol–water partition coefficient (Wildman–Crippen LogP) is 0.932. The van der Waals surface area contributed by atoms with Gasteiger partial charge in [0.1, 0.15) is 6.04 Å². The highest BCUT2D eigenvalue weighted by atomic mass is 16.6. The zero-order valence-corrected chi connectivity index (χ0v) is 12.8. The predicted molar refractivity (Wildman–Crippen MR) is 80.4 cm³/mol. The van der Waals surface area contributed by atoms with Gasteiger partial charge in [0, 0.05) is 18.6 Å². The second-order valence-corrected chi connectivity index (χ2v) is 4.22. The van der Waals surface area contributed by atoms with Gasteiger partial charge in [-0.25, -0.2) is 5.84 Å². The minimum atomic E-state index is -1.21. The smallest absolute Gasteiger partial charge is 0.224 e.